The summed E-state index contributed by atoms with van der Waals surface area (Å²) in [6, 6.07) is -0.0706. The molecule has 0 radical (unpaired) electrons. The first-order valence-corrected chi connectivity index (χ1v) is 7.86. The Hall–Kier alpha value is -0.580. The number of carbonyl (C=O) groups is 1. The van der Waals surface area contributed by atoms with E-state index in [0.29, 0.717) is 5.92 Å². The summed E-state index contributed by atoms with van der Waals surface area (Å²) in [6.07, 6.45) is 2.94. The van der Waals surface area contributed by atoms with Gasteiger partial charge in [-0.3, -0.25) is 4.79 Å². The standard InChI is InChI=1S/C12H19NO3S/c1-8(14)13-10-6-9-4-5-12(10,11(9,2)3)7-17(13,15)16/h9-10H,4-7H2,1-3H3/t9-,10-,12-/m0/s1. The molecular formula is C12H19NO3S. The van der Waals surface area contributed by atoms with Crippen molar-refractivity contribution in [2.75, 3.05) is 5.75 Å². The second-order valence-corrected chi connectivity index (χ2v) is 8.28. The molecular weight excluding hydrogens is 238 g/mol. The maximum absolute atomic E-state index is 12.2. The van der Waals surface area contributed by atoms with Crippen LogP contribution in [0.4, 0.5) is 0 Å². The number of hydrogen-bond acceptors (Lipinski definition) is 3. The molecule has 3 atom stereocenters. The van der Waals surface area contributed by atoms with Crippen LogP contribution in [0.25, 0.3) is 0 Å². The van der Waals surface area contributed by atoms with Crippen LogP contribution >= 0.6 is 0 Å². The largest absolute Gasteiger partial charge is 0.274 e. The van der Waals surface area contributed by atoms with Crippen LogP contribution in [0.2, 0.25) is 0 Å². The molecule has 3 aliphatic rings. The second kappa shape index (κ2) is 2.87. The van der Waals surface area contributed by atoms with Crippen molar-refractivity contribution in [1.82, 2.24) is 4.31 Å². The molecule has 0 aromatic carbocycles. The number of amides is 1. The zero-order valence-electron chi connectivity index (χ0n) is 10.6. The van der Waals surface area contributed by atoms with Gasteiger partial charge in [0.1, 0.15) is 0 Å². The topological polar surface area (TPSA) is 54.5 Å². The fourth-order valence-electron chi connectivity index (χ4n) is 4.70. The summed E-state index contributed by atoms with van der Waals surface area (Å²) in [5, 5.41) is 0. The summed E-state index contributed by atoms with van der Waals surface area (Å²) in [4.78, 5) is 11.6. The maximum atomic E-state index is 12.2. The molecule has 1 heterocycles. The number of carbonyl (C=O) groups excluding carboxylic acids is 1. The highest BCUT2D eigenvalue weighted by Gasteiger charge is 2.71. The van der Waals surface area contributed by atoms with E-state index in [2.05, 4.69) is 13.8 Å². The second-order valence-electron chi connectivity index (χ2n) is 6.44. The number of sulfonamides is 1. The van der Waals surface area contributed by atoms with Gasteiger partial charge in [-0.15, -0.1) is 0 Å². The molecule has 1 aliphatic heterocycles. The highest BCUT2D eigenvalue weighted by atomic mass is 32.2. The van der Waals surface area contributed by atoms with E-state index < -0.39 is 10.0 Å². The molecule has 2 saturated carbocycles. The van der Waals surface area contributed by atoms with E-state index in [1.54, 1.807) is 0 Å². The zero-order chi connectivity index (χ0) is 12.6. The normalized spacial score (nSPS) is 45.0. The minimum absolute atomic E-state index is 0.0505. The lowest BCUT2D eigenvalue weighted by Crippen LogP contribution is -2.43. The van der Waals surface area contributed by atoms with Gasteiger partial charge in [-0.05, 0) is 30.6 Å². The maximum Gasteiger partial charge on any atom is 0.238 e. The van der Waals surface area contributed by atoms with Crippen LogP contribution in [0.15, 0.2) is 0 Å². The van der Waals surface area contributed by atoms with Crippen molar-refractivity contribution in [2.45, 2.75) is 46.1 Å². The Morgan fingerprint density at radius 3 is 2.53 bits per heavy atom. The van der Waals surface area contributed by atoms with Crippen LogP contribution in [-0.2, 0) is 14.8 Å². The number of nitrogens with zero attached hydrogens (tertiary/aromatic N) is 1. The van der Waals surface area contributed by atoms with Crippen molar-refractivity contribution in [3.8, 4) is 0 Å². The van der Waals surface area contributed by atoms with Gasteiger partial charge in [0.15, 0.2) is 0 Å². The number of rotatable bonds is 0. The SMILES string of the molecule is CC(=O)N1[C@H]2C[C@@H]3CC[C@@]2(CS1(=O)=O)C3(C)C. The highest BCUT2D eigenvalue weighted by molar-refractivity contribution is 7.90. The van der Waals surface area contributed by atoms with Crippen LogP contribution in [0.5, 0.6) is 0 Å². The van der Waals surface area contributed by atoms with Crippen LogP contribution in [-0.4, -0.2) is 30.4 Å². The molecule has 2 bridgehead atoms. The molecule has 0 aromatic heterocycles. The first-order valence-electron chi connectivity index (χ1n) is 6.25. The molecule has 1 amide bonds. The first-order chi connectivity index (χ1) is 7.72. The predicted octanol–water partition coefficient (Wildman–Crippen LogP) is 1.37. The lowest BCUT2D eigenvalue weighted by molar-refractivity contribution is -0.126. The molecule has 0 unspecified atom stereocenters. The van der Waals surface area contributed by atoms with E-state index in [-0.39, 0.29) is 28.5 Å². The summed E-state index contributed by atoms with van der Waals surface area (Å²) in [7, 11) is -3.38. The molecule has 0 aromatic rings. The highest BCUT2D eigenvalue weighted by Crippen LogP contribution is 2.69. The van der Waals surface area contributed by atoms with Gasteiger partial charge < -0.3 is 0 Å². The van der Waals surface area contributed by atoms with Gasteiger partial charge in [0.25, 0.3) is 0 Å². The van der Waals surface area contributed by atoms with Crippen molar-refractivity contribution in [3.05, 3.63) is 0 Å². The monoisotopic (exact) mass is 257 g/mol. The summed E-state index contributed by atoms with van der Waals surface area (Å²) in [5.74, 6) is 0.438. The summed E-state index contributed by atoms with van der Waals surface area (Å²) in [6.45, 7) is 5.74. The van der Waals surface area contributed by atoms with Gasteiger partial charge in [0.05, 0.1) is 11.8 Å². The molecule has 2 aliphatic carbocycles. The van der Waals surface area contributed by atoms with Crippen molar-refractivity contribution in [1.29, 1.82) is 0 Å². The van der Waals surface area contributed by atoms with Gasteiger partial charge in [0.2, 0.25) is 15.9 Å². The average Bonchev–Trinajstić information content (AvgIpc) is 2.62. The van der Waals surface area contributed by atoms with Crippen LogP contribution < -0.4 is 0 Å². The first kappa shape index (κ1) is 11.5. The van der Waals surface area contributed by atoms with Gasteiger partial charge in [-0.1, -0.05) is 13.8 Å². The van der Waals surface area contributed by atoms with E-state index in [9.17, 15) is 13.2 Å². The molecule has 3 rings (SSSR count). The lowest BCUT2D eigenvalue weighted by Gasteiger charge is -2.36. The van der Waals surface area contributed by atoms with E-state index in [1.807, 2.05) is 0 Å². The molecule has 1 saturated heterocycles. The van der Waals surface area contributed by atoms with Gasteiger partial charge in [-0.25, -0.2) is 12.7 Å². The Balaban J connectivity index is 2.15. The molecule has 96 valence electrons. The molecule has 0 N–H and O–H groups in total. The van der Waals surface area contributed by atoms with Crippen molar-refractivity contribution in [2.24, 2.45) is 16.7 Å². The molecule has 17 heavy (non-hydrogen) atoms. The number of fused-ring (bicyclic) bond motifs is 1. The molecule has 4 nitrogen and oxygen atoms in total. The lowest BCUT2D eigenvalue weighted by atomic mass is 9.69. The van der Waals surface area contributed by atoms with Crippen LogP contribution in [0.3, 0.4) is 0 Å². The third kappa shape index (κ3) is 1.09. The summed E-state index contributed by atoms with van der Waals surface area (Å²) < 4.78 is 25.6. The predicted molar refractivity (Wildman–Crippen MR) is 63.6 cm³/mol. The van der Waals surface area contributed by atoms with Gasteiger partial charge >= 0.3 is 0 Å². The van der Waals surface area contributed by atoms with Crippen LogP contribution in [0, 0.1) is 16.7 Å². The Bertz CT molecular complexity index is 496. The van der Waals surface area contributed by atoms with Gasteiger partial charge in [0, 0.05) is 12.3 Å². The fourth-order valence-corrected chi connectivity index (χ4v) is 7.27. The molecule has 3 fully saturated rings. The van der Waals surface area contributed by atoms with E-state index in [0.717, 1.165) is 19.3 Å². The van der Waals surface area contributed by atoms with Crippen molar-refractivity contribution < 1.29 is 13.2 Å². The number of hydrogen-bond donors (Lipinski definition) is 0. The average molecular weight is 257 g/mol. The summed E-state index contributed by atoms with van der Waals surface area (Å²) in [5.41, 5.74) is -0.128. The Labute approximate surface area is 102 Å². The smallest absolute Gasteiger partial charge is 0.238 e. The fraction of sp³-hybridized carbons (Fsp3) is 0.917. The molecule has 5 heteroatoms. The Morgan fingerprint density at radius 1 is 1.35 bits per heavy atom. The third-order valence-electron chi connectivity index (χ3n) is 5.72. The minimum Gasteiger partial charge on any atom is -0.274 e. The zero-order valence-corrected chi connectivity index (χ0v) is 11.4. The van der Waals surface area contributed by atoms with Crippen molar-refractivity contribution >= 4 is 15.9 Å². The summed E-state index contributed by atoms with van der Waals surface area (Å²) >= 11 is 0. The Morgan fingerprint density at radius 2 is 2.00 bits per heavy atom. The van der Waals surface area contributed by atoms with E-state index in [4.69, 9.17) is 0 Å². The van der Waals surface area contributed by atoms with E-state index >= 15 is 0 Å². The Kier molecular flexibility index (Phi) is 1.94. The quantitative estimate of drug-likeness (QED) is 0.658. The third-order valence-corrected chi connectivity index (χ3v) is 7.71. The molecule has 1 spiro atoms. The minimum atomic E-state index is -3.38. The van der Waals surface area contributed by atoms with Gasteiger partial charge in [-0.2, -0.15) is 0 Å². The van der Waals surface area contributed by atoms with Crippen molar-refractivity contribution in [3.63, 3.8) is 0 Å². The van der Waals surface area contributed by atoms with E-state index in [1.165, 1.54) is 11.2 Å². The van der Waals surface area contributed by atoms with Crippen LogP contribution in [0.1, 0.15) is 40.0 Å².